The summed E-state index contributed by atoms with van der Waals surface area (Å²) in [4.78, 5) is 11.7. The number of carbonyl (C=O) groups is 1. The van der Waals surface area contributed by atoms with Crippen LogP contribution in [0.4, 0.5) is 4.39 Å². The Morgan fingerprint density at radius 1 is 1.50 bits per heavy atom. The van der Waals surface area contributed by atoms with E-state index < -0.39 is 0 Å². The van der Waals surface area contributed by atoms with Gasteiger partial charge in [0.25, 0.3) is 0 Å². The van der Waals surface area contributed by atoms with E-state index >= 15 is 0 Å². The van der Waals surface area contributed by atoms with Gasteiger partial charge in [-0.1, -0.05) is 19.1 Å². The number of halogens is 1. The molecule has 0 aromatic heterocycles. The number of Topliss-reactive ketones (excluding diaryl/α,β-unsaturated/α-hetero) is 1. The van der Waals surface area contributed by atoms with E-state index in [1.165, 1.54) is 12.1 Å². The van der Waals surface area contributed by atoms with E-state index in [0.717, 1.165) is 18.4 Å². The molecule has 1 aromatic rings. The normalized spacial score (nSPS) is 17.9. The van der Waals surface area contributed by atoms with Crippen LogP contribution in [0.3, 0.4) is 0 Å². The van der Waals surface area contributed by atoms with Crippen LogP contribution in [0.2, 0.25) is 0 Å². The molecule has 1 nitrogen and oxygen atoms in total. The van der Waals surface area contributed by atoms with Crippen LogP contribution < -0.4 is 0 Å². The van der Waals surface area contributed by atoms with E-state index in [4.69, 9.17) is 0 Å². The molecule has 0 N–H and O–H groups in total. The SMILES string of the molecule is CC1(C(=O)Cc2cccc(F)c2)CC1. The second-order valence-corrected chi connectivity index (χ2v) is 4.29. The summed E-state index contributed by atoms with van der Waals surface area (Å²) in [5.41, 5.74) is 0.676. The fraction of sp³-hybridized carbons (Fsp3) is 0.417. The third-order valence-corrected chi connectivity index (χ3v) is 2.93. The van der Waals surface area contributed by atoms with Crippen LogP contribution in [0.5, 0.6) is 0 Å². The van der Waals surface area contributed by atoms with Gasteiger partial charge in [0, 0.05) is 11.8 Å². The first kappa shape index (κ1) is 9.38. The lowest BCUT2D eigenvalue weighted by Gasteiger charge is -2.06. The molecule has 0 bridgehead atoms. The monoisotopic (exact) mass is 192 g/mol. The fourth-order valence-corrected chi connectivity index (χ4v) is 1.51. The predicted octanol–water partition coefficient (Wildman–Crippen LogP) is 2.74. The zero-order valence-corrected chi connectivity index (χ0v) is 8.22. The summed E-state index contributed by atoms with van der Waals surface area (Å²) in [6.07, 6.45) is 2.34. The molecule has 0 spiro atoms. The van der Waals surface area contributed by atoms with E-state index in [0.29, 0.717) is 6.42 Å². The topological polar surface area (TPSA) is 17.1 Å². The van der Waals surface area contributed by atoms with E-state index in [1.807, 2.05) is 6.92 Å². The highest BCUT2D eigenvalue weighted by atomic mass is 19.1. The maximum atomic E-state index is 12.8. The molecule has 1 fully saturated rings. The molecular formula is C12H13FO. The molecule has 0 atom stereocenters. The van der Waals surface area contributed by atoms with Gasteiger partial charge in [-0.15, -0.1) is 0 Å². The van der Waals surface area contributed by atoms with Gasteiger partial charge in [0.2, 0.25) is 0 Å². The number of hydrogen-bond acceptors (Lipinski definition) is 1. The Hall–Kier alpha value is -1.18. The second kappa shape index (κ2) is 3.19. The van der Waals surface area contributed by atoms with Crippen molar-refractivity contribution in [1.82, 2.24) is 0 Å². The highest BCUT2D eigenvalue weighted by molar-refractivity contribution is 5.88. The molecule has 2 rings (SSSR count). The molecule has 2 heteroatoms. The van der Waals surface area contributed by atoms with Crippen molar-refractivity contribution in [3.63, 3.8) is 0 Å². The number of ketones is 1. The quantitative estimate of drug-likeness (QED) is 0.719. The van der Waals surface area contributed by atoms with Crippen molar-refractivity contribution in [2.75, 3.05) is 0 Å². The van der Waals surface area contributed by atoms with Crippen molar-refractivity contribution in [2.24, 2.45) is 5.41 Å². The minimum Gasteiger partial charge on any atom is -0.299 e. The maximum Gasteiger partial charge on any atom is 0.143 e. The molecule has 1 aliphatic carbocycles. The van der Waals surface area contributed by atoms with Crippen molar-refractivity contribution < 1.29 is 9.18 Å². The van der Waals surface area contributed by atoms with Crippen LogP contribution in [0.25, 0.3) is 0 Å². The van der Waals surface area contributed by atoms with Crippen LogP contribution >= 0.6 is 0 Å². The average Bonchev–Trinajstić information content (AvgIpc) is 2.85. The van der Waals surface area contributed by atoms with Crippen molar-refractivity contribution in [3.05, 3.63) is 35.6 Å². The highest BCUT2D eigenvalue weighted by Gasteiger charge is 2.43. The van der Waals surface area contributed by atoms with E-state index in [-0.39, 0.29) is 17.0 Å². The van der Waals surface area contributed by atoms with Gasteiger partial charge in [-0.2, -0.15) is 0 Å². The van der Waals surface area contributed by atoms with Gasteiger partial charge >= 0.3 is 0 Å². The van der Waals surface area contributed by atoms with Crippen molar-refractivity contribution >= 4 is 5.78 Å². The van der Waals surface area contributed by atoms with E-state index in [9.17, 15) is 9.18 Å². The Bertz CT molecular complexity index is 366. The molecule has 0 radical (unpaired) electrons. The maximum absolute atomic E-state index is 12.8. The first-order valence-corrected chi connectivity index (χ1v) is 4.88. The molecule has 1 aliphatic rings. The van der Waals surface area contributed by atoms with Gasteiger partial charge in [0.1, 0.15) is 11.6 Å². The van der Waals surface area contributed by atoms with Crippen molar-refractivity contribution in [2.45, 2.75) is 26.2 Å². The molecule has 1 saturated carbocycles. The first-order valence-electron chi connectivity index (χ1n) is 4.88. The van der Waals surface area contributed by atoms with Gasteiger partial charge in [0.15, 0.2) is 0 Å². The molecule has 1 aromatic carbocycles. The average molecular weight is 192 g/mol. The lowest BCUT2D eigenvalue weighted by molar-refractivity contribution is -0.122. The predicted molar refractivity (Wildman–Crippen MR) is 52.5 cm³/mol. The van der Waals surface area contributed by atoms with Gasteiger partial charge in [-0.3, -0.25) is 4.79 Å². The summed E-state index contributed by atoms with van der Waals surface area (Å²) in [5, 5.41) is 0. The Morgan fingerprint density at radius 2 is 2.21 bits per heavy atom. The fourth-order valence-electron chi connectivity index (χ4n) is 1.51. The molecule has 0 saturated heterocycles. The summed E-state index contributed by atoms with van der Waals surface area (Å²) < 4.78 is 12.8. The summed E-state index contributed by atoms with van der Waals surface area (Å²) in [6, 6.07) is 6.27. The Kier molecular flexibility index (Phi) is 2.14. The zero-order chi connectivity index (χ0) is 10.2. The van der Waals surface area contributed by atoms with Crippen LogP contribution in [-0.4, -0.2) is 5.78 Å². The summed E-state index contributed by atoms with van der Waals surface area (Å²) in [5.74, 6) is -0.0284. The second-order valence-electron chi connectivity index (χ2n) is 4.29. The Balaban J connectivity index is 2.07. The lowest BCUT2D eigenvalue weighted by atomic mass is 9.97. The summed E-state index contributed by atoms with van der Waals surface area (Å²) in [6.45, 7) is 1.98. The third-order valence-electron chi connectivity index (χ3n) is 2.93. The molecule has 0 amide bonds. The smallest absolute Gasteiger partial charge is 0.143 e. The first-order chi connectivity index (χ1) is 6.60. The number of rotatable bonds is 3. The lowest BCUT2D eigenvalue weighted by Crippen LogP contribution is -2.14. The molecule has 74 valence electrons. The number of hydrogen-bond donors (Lipinski definition) is 0. The largest absolute Gasteiger partial charge is 0.299 e. The highest BCUT2D eigenvalue weighted by Crippen LogP contribution is 2.46. The van der Waals surface area contributed by atoms with Crippen LogP contribution in [0, 0.1) is 11.2 Å². The molecule has 14 heavy (non-hydrogen) atoms. The van der Waals surface area contributed by atoms with Gasteiger partial charge in [-0.25, -0.2) is 4.39 Å². The van der Waals surface area contributed by atoms with Crippen molar-refractivity contribution in [1.29, 1.82) is 0 Å². The number of carbonyl (C=O) groups excluding carboxylic acids is 1. The minimum absolute atomic E-state index is 0.105. The van der Waals surface area contributed by atoms with Crippen LogP contribution in [-0.2, 0) is 11.2 Å². The molecule has 0 unspecified atom stereocenters. The van der Waals surface area contributed by atoms with Gasteiger partial charge in [-0.05, 0) is 30.5 Å². The summed E-state index contributed by atoms with van der Waals surface area (Å²) in [7, 11) is 0. The summed E-state index contributed by atoms with van der Waals surface area (Å²) >= 11 is 0. The van der Waals surface area contributed by atoms with E-state index in [2.05, 4.69) is 0 Å². The van der Waals surface area contributed by atoms with E-state index in [1.54, 1.807) is 12.1 Å². The third kappa shape index (κ3) is 1.84. The van der Waals surface area contributed by atoms with Crippen LogP contribution in [0.15, 0.2) is 24.3 Å². The molecule has 0 aliphatic heterocycles. The van der Waals surface area contributed by atoms with Crippen molar-refractivity contribution in [3.8, 4) is 0 Å². The standard InChI is InChI=1S/C12H13FO/c1-12(5-6-12)11(14)8-9-3-2-4-10(13)7-9/h2-4,7H,5-6,8H2,1H3. The zero-order valence-electron chi connectivity index (χ0n) is 8.22. The van der Waals surface area contributed by atoms with Crippen LogP contribution in [0.1, 0.15) is 25.3 Å². The Labute approximate surface area is 82.9 Å². The molecular weight excluding hydrogens is 179 g/mol. The molecule has 0 heterocycles. The number of benzene rings is 1. The van der Waals surface area contributed by atoms with Gasteiger partial charge in [0.05, 0.1) is 0 Å². The Morgan fingerprint density at radius 3 is 2.79 bits per heavy atom. The minimum atomic E-state index is -0.267. The van der Waals surface area contributed by atoms with Gasteiger partial charge < -0.3 is 0 Å².